The second-order valence-electron chi connectivity index (χ2n) is 6.02. The standard InChI is InChI=1S/C20H39N3O2P/c1-9-21(10-2)26(22(11-3)12-4,23(13-5)14-6)20-17-18(24-7)15-16-19(20)25-8/h15-17H,9-14H2,1-8H3/q+1. The van der Waals surface area contributed by atoms with E-state index in [2.05, 4.69) is 67.7 Å². The zero-order valence-electron chi connectivity index (χ0n) is 18.1. The molecule has 0 amide bonds. The molecule has 26 heavy (non-hydrogen) atoms. The largest absolute Gasteiger partial charge is 0.497 e. The van der Waals surface area contributed by atoms with Crippen molar-refractivity contribution in [3.63, 3.8) is 0 Å². The van der Waals surface area contributed by atoms with E-state index in [1.165, 1.54) is 5.30 Å². The Balaban J connectivity index is 3.92. The van der Waals surface area contributed by atoms with E-state index in [0.29, 0.717) is 0 Å². The maximum atomic E-state index is 5.86. The summed E-state index contributed by atoms with van der Waals surface area (Å²) in [7, 11) is 1.53. The van der Waals surface area contributed by atoms with Crippen molar-refractivity contribution in [2.75, 3.05) is 53.5 Å². The fourth-order valence-electron chi connectivity index (χ4n) is 3.88. The number of hydrogen-bond donors (Lipinski definition) is 0. The molecule has 1 aromatic carbocycles. The van der Waals surface area contributed by atoms with Crippen molar-refractivity contribution >= 4 is 13.0 Å². The molecule has 0 fully saturated rings. The smallest absolute Gasteiger partial charge is 0.266 e. The first-order chi connectivity index (χ1) is 12.5. The van der Waals surface area contributed by atoms with Crippen LogP contribution in [0.25, 0.3) is 0 Å². The van der Waals surface area contributed by atoms with Gasteiger partial charge in [0.05, 0.1) is 14.2 Å². The van der Waals surface area contributed by atoms with E-state index < -0.39 is 7.71 Å². The lowest BCUT2D eigenvalue weighted by Gasteiger charge is -2.46. The number of benzene rings is 1. The first-order valence-corrected chi connectivity index (χ1v) is 11.6. The molecule has 0 aliphatic carbocycles. The highest BCUT2D eigenvalue weighted by molar-refractivity contribution is 7.76. The maximum Gasteiger partial charge on any atom is 0.266 e. The van der Waals surface area contributed by atoms with E-state index >= 15 is 0 Å². The highest BCUT2D eigenvalue weighted by Crippen LogP contribution is 2.67. The molecule has 5 nitrogen and oxygen atoms in total. The van der Waals surface area contributed by atoms with Crippen LogP contribution >= 0.6 is 7.71 Å². The van der Waals surface area contributed by atoms with Crippen molar-refractivity contribution in [3.8, 4) is 11.5 Å². The lowest BCUT2D eigenvalue weighted by atomic mass is 10.3. The van der Waals surface area contributed by atoms with Crippen LogP contribution in [0.15, 0.2) is 18.2 Å². The van der Waals surface area contributed by atoms with Gasteiger partial charge in [0.1, 0.15) is 5.75 Å². The second kappa shape index (κ2) is 11.1. The van der Waals surface area contributed by atoms with Crippen LogP contribution in [0.5, 0.6) is 11.5 Å². The average molecular weight is 385 g/mol. The van der Waals surface area contributed by atoms with Gasteiger partial charge in [0.15, 0.2) is 11.1 Å². The van der Waals surface area contributed by atoms with Gasteiger partial charge < -0.3 is 9.47 Å². The Bertz CT molecular complexity index is 499. The topological polar surface area (TPSA) is 28.2 Å². The van der Waals surface area contributed by atoms with Crippen LogP contribution in [-0.2, 0) is 0 Å². The summed E-state index contributed by atoms with van der Waals surface area (Å²) >= 11 is 0. The minimum atomic E-state index is -1.98. The second-order valence-corrected chi connectivity index (χ2v) is 9.34. The highest BCUT2D eigenvalue weighted by atomic mass is 31.2. The predicted octanol–water partition coefficient (Wildman–Crippen LogP) is 4.12. The number of nitrogens with zero attached hydrogens (tertiary/aromatic N) is 3. The zero-order valence-corrected chi connectivity index (χ0v) is 19.0. The van der Waals surface area contributed by atoms with Crippen molar-refractivity contribution in [3.05, 3.63) is 18.2 Å². The van der Waals surface area contributed by atoms with E-state index in [1.54, 1.807) is 14.2 Å². The van der Waals surface area contributed by atoms with E-state index in [4.69, 9.17) is 9.47 Å². The molecule has 0 atom stereocenters. The molecule has 0 N–H and O–H groups in total. The third kappa shape index (κ3) is 4.17. The van der Waals surface area contributed by atoms with Gasteiger partial charge in [-0.25, -0.2) is 0 Å². The van der Waals surface area contributed by atoms with E-state index in [0.717, 1.165) is 50.8 Å². The Morgan fingerprint density at radius 2 is 1.12 bits per heavy atom. The lowest BCUT2D eigenvalue weighted by molar-refractivity contribution is 0.336. The molecule has 0 radical (unpaired) electrons. The van der Waals surface area contributed by atoms with Gasteiger partial charge in [0.2, 0.25) is 0 Å². The van der Waals surface area contributed by atoms with Crippen LogP contribution in [0, 0.1) is 0 Å². The van der Waals surface area contributed by atoms with Gasteiger partial charge in [-0.2, -0.15) is 0 Å². The molecule has 0 bridgehead atoms. The zero-order chi connectivity index (χ0) is 19.7. The molecule has 0 saturated heterocycles. The van der Waals surface area contributed by atoms with Crippen molar-refractivity contribution in [2.45, 2.75) is 41.5 Å². The van der Waals surface area contributed by atoms with Gasteiger partial charge in [0, 0.05) is 45.3 Å². The molecule has 0 unspecified atom stereocenters. The molecular formula is C20H39N3O2P+. The maximum absolute atomic E-state index is 5.86. The summed E-state index contributed by atoms with van der Waals surface area (Å²) in [6.45, 7) is 19.6. The summed E-state index contributed by atoms with van der Waals surface area (Å²) in [5.74, 6) is 1.83. The number of hydrogen-bond acceptors (Lipinski definition) is 5. The summed E-state index contributed by atoms with van der Waals surface area (Å²) in [6.07, 6.45) is 0. The summed E-state index contributed by atoms with van der Waals surface area (Å²) in [6, 6.07) is 6.24. The van der Waals surface area contributed by atoms with Crippen LogP contribution < -0.4 is 14.8 Å². The van der Waals surface area contributed by atoms with Crippen molar-refractivity contribution in [1.82, 2.24) is 14.0 Å². The summed E-state index contributed by atoms with van der Waals surface area (Å²) in [5.41, 5.74) is 0. The van der Waals surface area contributed by atoms with Crippen molar-refractivity contribution in [2.24, 2.45) is 0 Å². The monoisotopic (exact) mass is 384 g/mol. The Morgan fingerprint density at radius 3 is 1.42 bits per heavy atom. The van der Waals surface area contributed by atoms with Crippen LogP contribution in [0.1, 0.15) is 41.5 Å². The fourth-order valence-corrected chi connectivity index (χ4v) is 8.99. The van der Waals surface area contributed by atoms with Gasteiger partial charge in [-0.1, -0.05) is 0 Å². The van der Waals surface area contributed by atoms with Crippen molar-refractivity contribution < 1.29 is 9.47 Å². The minimum absolute atomic E-state index is 0.886. The van der Waals surface area contributed by atoms with E-state index in [9.17, 15) is 0 Å². The molecule has 0 aliphatic rings. The summed E-state index contributed by atoms with van der Waals surface area (Å²) < 4.78 is 19.4. The molecular weight excluding hydrogens is 345 g/mol. The quantitative estimate of drug-likeness (QED) is 0.506. The lowest BCUT2D eigenvalue weighted by Crippen LogP contribution is -2.50. The predicted molar refractivity (Wildman–Crippen MR) is 115 cm³/mol. The molecule has 0 saturated carbocycles. The van der Waals surface area contributed by atoms with Gasteiger partial charge in [-0.3, -0.25) is 0 Å². The Morgan fingerprint density at radius 1 is 0.692 bits per heavy atom. The van der Waals surface area contributed by atoms with Crippen LogP contribution in [0.4, 0.5) is 0 Å². The first-order valence-electron chi connectivity index (χ1n) is 9.93. The van der Waals surface area contributed by atoms with E-state index in [1.807, 2.05) is 6.07 Å². The van der Waals surface area contributed by atoms with Crippen molar-refractivity contribution in [1.29, 1.82) is 0 Å². The Labute approximate surface area is 161 Å². The van der Waals surface area contributed by atoms with E-state index in [-0.39, 0.29) is 0 Å². The fraction of sp³-hybridized carbons (Fsp3) is 0.700. The minimum Gasteiger partial charge on any atom is -0.497 e. The molecule has 150 valence electrons. The first kappa shape index (κ1) is 23.2. The Kier molecular flexibility index (Phi) is 9.88. The average Bonchev–Trinajstić information content (AvgIpc) is 2.69. The van der Waals surface area contributed by atoms with Crippen LogP contribution in [0.3, 0.4) is 0 Å². The number of methoxy groups -OCH3 is 2. The molecule has 0 heterocycles. The molecule has 1 aromatic rings. The number of ether oxygens (including phenoxy) is 2. The van der Waals surface area contributed by atoms with Crippen LogP contribution in [0.2, 0.25) is 0 Å². The molecule has 6 heteroatoms. The third-order valence-electron chi connectivity index (χ3n) is 5.08. The van der Waals surface area contributed by atoms with Gasteiger partial charge >= 0.3 is 0 Å². The summed E-state index contributed by atoms with van der Waals surface area (Å²) in [4.78, 5) is 0. The highest BCUT2D eigenvalue weighted by Gasteiger charge is 2.57. The van der Waals surface area contributed by atoms with Gasteiger partial charge in [-0.15, -0.1) is 14.0 Å². The SMILES string of the molecule is CCN(CC)[P+](c1cc(OC)ccc1OC)(N(CC)CC)N(CC)CC. The molecule has 0 aliphatic heterocycles. The normalized spacial score (nSPS) is 12.3. The van der Waals surface area contributed by atoms with Gasteiger partial charge in [-0.05, 0) is 53.7 Å². The molecule has 1 rings (SSSR count). The molecule has 0 aromatic heterocycles. The third-order valence-corrected chi connectivity index (χ3v) is 10.1. The Hall–Kier alpha value is -0.870. The number of rotatable bonds is 12. The van der Waals surface area contributed by atoms with Gasteiger partial charge in [0.25, 0.3) is 7.71 Å². The summed E-state index contributed by atoms with van der Waals surface area (Å²) in [5, 5.41) is 1.26. The van der Waals surface area contributed by atoms with Crippen LogP contribution in [-0.4, -0.2) is 67.5 Å². The molecule has 0 spiro atoms.